The Hall–Kier alpha value is -3.35. The number of aromatic nitrogens is 2. The van der Waals surface area contributed by atoms with Crippen LogP contribution in [-0.4, -0.2) is 29.7 Å². The number of amides is 1. The fourth-order valence-electron chi connectivity index (χ4n) is 3.08. The summed E-state index contributed by atoms with van der Waals surface area (Å²) in [6.07, 6.45) is 1.40. The predicted octanol–water partition coefficient (Wildman–Crippen LogP) is 2.60. The highest BCUT2D eigenvalue weighted by atomic mass is 16.5. The van der Waals surface area contributed by atoms with E-state index in [1.165, 1.54) is 10.9 Å². The van der Waals surface area contributed by atoms with E-state index in [2.05, 4.69) is 10.3 Å². The number of hydrogen-bond donors (Lipinski definition) is 1. The van der Waals surface area contributed by atoms with Gasteiger partial charge in [0.2, 0.25) is 5.91 Å². The smallest absolute Gasteiger partial charge is 0.261 e. The molecular weight excluding hydrogens is 358 g/mol. The maximum atomic E-state index is 12.7. The Morgan fingerprint density at radius 3 is 2.68 bits per heavy atom. The van der Waals surface area contributed by atoms with Crippen molar-refractivity contribution in [3.05, 3.63) is 64.2 Å². The van der Waals surface area contributed by atoms with Crippen LogP contribution >= 0.6 is 0 Å². The second kappa shape index (κ2) is 8.12. The Bertz CT molecular complexity index is 1070. The number of benzene rings is 2. The molecule has 1 aromatic heterocycles. The lowest BCUT2D eigenvalue weighted by atomic mass is 10.1. The van der Waals surface area contributed by atoms with Crippen LogP contribution in [0.2, 0.25) is 0 Å². The van der Waals surface area contributed by atoms with Crippen LogP contribution in [0, 0.1) is 6.92 Å². The van der Waals surface area contributed by atoms with Gasteiger partial charge in [0.05, 0.1) is 37.5 Å². The first-order chi connectivity index (χ1) is 13.4. The molecule has 1 unspecified atom stereocenters. The second-order valence-electron chi connectivity index (χ2n) is 6.60. The molecule has 0 aliphatic heterocycles. The molecule has 0 saturated heterocycles. The van der Waals surface area contributed by atoms with Crippen molar-refractivity contribution in [2.75, 3.05) is 14.2 Å². The van der Waals surface area contributed by atoms with E-state index in [0.717, 1.165) is 11.1 Å². The van der Waals surface area contributed by atoms with Crippen molar-refractivity contribution in [2.24, 2.45) is 0 Å². The number of carbonyl (C=O) groups is 1. The molecule has 1 heterocycles. The molecule has 1 amide bonds. The lowest BCUT2D eigenvalue weighted by Gasteiger charge is -2.18. The molecule has 146 valence electrons. The number of fused-ring (bicyclic) bond motifs is 1. The summed E-state index contributed by atoms with van der Waals surface area (Å²) in [5, 5.41) is 3.39. The van der Waals surface area contributed by atoms with Crippen LogP contribution in [0.4, 0.5) is 0 Å². The van der Waals surface area contributed by atoms with Gasteiger partial charge in [-0.3, -0.25) is 14.2 Å². The van der Waals surface area contributed by atoms with Gasteiger partial charge < -0.3 is 14.8 Å². The third-order valence-electron chi connectivity index (χ3n) is 4.57. The maximum Gasteiger partial charge on any atom is 0.261 e. The first-order valence-electron chi connectivity index (χ1n) is 8.90. The zero-order chi connectivity index (χ0) is 20.3. The van der Waals surface area contributed by atoms with Gasteiger partial charge in [0.1, 0.15) is 18.0 Å². The molecule has 0 saturated carbocycles. The van der Waals surface area contributed by atoms with Gasteiger partial charge in [0, 0.05) is 5.56 Å². The van der Waals surface area contributed by atoms with E-state index in [1.807, 2.05) is 26.0 Å². The highest BCUT2D eigenvalue weighted by Crippen LogP contribution is 2.29. The fourth-order valence-corrected chi connectivity index (χ4v) is 3.08. The van der Waals surface area contributed by atoms with Gasteiger partial charge in [-0.1, -0.05) is 11.6 Å². The van der Waals surface area contributed by atoms with Crippen molar-refractivity contribution in [1.82, 2.24) is 14.9 Å². The Morgan fingerprint density at radius 2 is 1.96 bits per heavy atom. The lowest BCUT2D eigenvalue weighted by molar-refractivity contribution is -0.122. The van der Waals surface area contributed by atoms with Gasteiger partial charge in [-0.05, 0) is 44.2 Å². The Balaban J connectivity index is 1.80. The number of carbonyl (C=O) groups excluding carboxylic acids is 1. The van der Waals surface area contributed by atoms with Crippen molar-refractivity contribution < 1.29 is 14.3 Å². The summed E-state index contributed by atoms with van der Waals surface area (Å²) in [5.74, 6) is 1.02. The highest BCUT2D eigenvalue weighted by molar-refractivity contribution is 5.79. The van der Waals surface area contributed by atoms with E-state index in [4.69, 9.17) is 9.47 Å². The van der Waals surface area contributed by atoms with E-state index in [0.29, 0.717) is 22.4 Å². The topological polar surface area (TPSA) is 82.4 Å². The molecule has 0 radical (unpaired) electrons. The van der Waals surface area contributed by atoms with Crippen molar-refractivity contribution in [3.8, 4) is 11.5 Å². The van der Waals surface area contributed by atoms with Crippen LogP contribution < -0.4 is 20.3 Å². The summed E-state index contributed by atoms with van der Waals surface area (Å²) in [7, 11) is 3.15. The molecule has 3 aromatic rings. The number of rotatable bonds is 6. The minimum absolute atomic E-state index is 0.119. The molecule has 1 atom stereocenters. The average molecular weight is 381 g/mol. The monoisotopic (exact) mass is 381 g/mol. The van der Waals surface area contributed by atoms with Crippen molar-refractivity contribution >= 4 is 16.8 Å². The van der Waals surface area contributed by atoms with E-state index < -0.39 is 0 Å². The zero-order valence-corrected chi connectivity index (χ0v) is 16.4. The number of nitrogens with zero attached hydrogens (tertiary/aromatic N) is 2. The van der Waals surface area contributed by atoms with Crippen molar-refractivity contribution in [3.63, 3.8) is 0 Å². The summed E-state index contributed by atoms with van der Waals surface area (Å²) < 4.78 is 11.9. The van der Waals surface area contributed by atoms with Crippen LogP contribution in [0.3, 0.4) is 0 Å². The number of ether oxygens (including phenoxy) is 2. The molecule has 3 rings (SSSR count). The molecule has 0 aliphatic carbocycles. The Kier molecular flexibility index (Phi) is 5.63. The number of aryl methyl sites for hydroxylation is 1. The average Bonchev–Trinajstić information content (AvgIpc) is 2.69. The van der Waals surface area contributed by atoms with Gasteiger partial charge >= 0.3 is 0 Å². The van der Waals surface area contributed by atoms with Crippen LogP contribution in [0.5, 0.6) is 11.5 Å². The molecule has 7 heteroatoms. The first kappa shape index (κ1) is 19.4. The van der Waals surface area contributed by atoms with Crippen LogP contribution in [0.15, 0.2) is 47.5 Å². The molecule has 1 N–H and O–H groups in total. The minimum atomic E-state index is -0.330. The first-order valence-corrected chi connectivity index (χ1v) is 8.90. The molecule has 28 heavy (non-hydrogen) atoms. The van der Waals surface area contributed by atoms with Gasteiger partial charge in [-0.2, -0.15) is 0 Å². The number of hydrogen-bond acceptors (Lipinski definition) is 5. The third-order valence-corrected chi connectivity index (χ3v) is 4.57. The molecular formula is C21H23N3O4. The van der Waals surface area contributed by atoms with Gasteiger partial charge in [0.25, 0.3) is 5.56 Å². The van der Waals surface area contributed by atoms with Crippen LogP contribution in [0.25, 0.3) is 10.9 Å². The zero-order valence-electron chi connectivity index (χ0n) is 16.4. The van der Waals surface area contributed by atoms with E-state index >= 15 is 0 Å². The summed E-state index contributed by atoms with van der Waals surface area (Å²) in [6, 6.07) is 10.5. The van der Waals surface area contributed by atoms with E-state index in [-0.39, 0.29) is 24.1 Å². The number of nitrogens with one attached hydrogen (secondary N) is 1. The van der Waals surface area contributed by atoms with Crippen molar-refractivity contribution in [1.29, 1.82) is 0 Å². The van der Waals surface area contributed by atoms with Crippen LogP contribution in [-0.2, 0) is 11.3 Å². The quantitative estimate of drug-likeness (QED) is 0.710. The summed E-state index contributed by atoms with van der Waals surface area (Å²) in [5.41, 5.74) is 2.12. The van der Waals surface area contributed by atoms with E-state index in [9.17, 15) is 9.59 Å². The molecule has 0 aliphatic rings. The lowest BCUT2D eigenvalue weighted by Crippen LogP contribution is -2.34. The van der Waals surface area contributed by atoms with Gasteiger partial charge in [-0.25, -0.2) is 4.98 Å². The molecule has 7 nitrogen and oxygen atoms in total. The summed E-state index contributed by atoms with van der Waals surface area (Å²) in [6.45, 7) is 3.64. The SMILES string of the molecule is COc1ccc(OC)c(C(C)NC(=O)Cn2cnc3ccc(C)cc3c2=O)c1. The summed E-state index contributed by atoms with van der Waals surface area (Å²) >= 11 is 0. The second-order valence-corrected chi connectivity index (χ2v) is 6.60. The van der Waals surface area contributed by atoms with Gasteiger partial charge in [0.15, 0.2) is 0 Å². The maximum absolute atomic E-state index is 12.7. The van der Waals surface area contributed by atoms with Crippen LogP contribution in [0.1, 0.15) is 24.1 Å². The minimum Gasteiger partial charge on any atom is -0.497 e. The molecule has 0 spiro atoms. The fraction of sp³-hybridized carbons (Fsp3) is 0.286. The van der Waals surface area contributed by atoms with Gasteiger partial charge in [-0.15, -0.1) is 0 Å². The predicted molar refractivity (Wildman–Crippen MR) is 107 cm³/mol. The molecule has 2 aromatic carbocycles. The van der Waals surface area contributed by atoms with E-state index in [1.54, 1.807) is 38.5 Å². The molecule has 0 bridgehead atoms. The normalized spacial score (nSPS) is 11.9. The standard InChI is InChI=1S/C21H23N3O4/c1-13-5-7-18-17(9-13)21(26)24(12-22-18)11-20(25)23-14(2)16-10-15(27-3)6-8-19(16)28-4/h5-10,12,14H,11H2,1-4H3,(H,23,25). The largest absolute Gasteiger partial charge is 0.497 e. The number of methoxy groups -OCH3 is 2. The Morgan fingerprint density at radius 1 is 1.18 bits per heavy atom. The summed E-state index contributed by atoms with van der Waals surface area (Å²) in [4.78, 5) is 29.5. The third kappa shape index (κ3) is 3.98. The van der Waals surface area contributed by atoms with Crippen molar-refractivity contribution in [2.45, 2.75) is 26.4 Å². The molecule has 0 fully saturated rings. The Labute approximate surface area is 162 Å². The highest BCUT2D eigenvalue weighted by Gasteiger charge is 2.16.